The Kier molecular flexibility index (Phi) is 34.5. The Morgan fingerprint density at radius 1 is 0.667 bits per heavy atom. The first-order valence-electron chi connectivity index (χ1n) is 23.5. The van der Waals surface area contributed by atoms with Gasteiger partial charge in [-0.25, -0.2) is 4.18 Å². The normalized spacial score (nSPS) is 21.6. The molecule has 0 aromatic rings. The fraction of sp³-hybridized carbons (Fsp3) is 0.848. The maximum Gasteiger partial charge on any atom is 0.397 e. The van der Waals surface area contributed by atoms with Crippen LogP contribution in [-0.4, -0.2) is 107 Å². The van der Waals surface area contributed by atoms with Crippen molar-refractivity contribution in [2.75, 3.05) is 13.2 Å². The van der Waals surface area contributed by atoms with E-state index in [-0.39, 0.29) is 6.42 Å². The van der Waals surface area contributed by atoms with Gasteiger partial charge >= 0.3 is 10.4 Å². The fourth-order valence-corrected chi connectivity index (χ4v) is 7.73. The number of carbonyl (C=O) groups is 1. The lowest BCUT2D eigenvalue weighted by molar-refractivity contribution is -0.298. The van der Waals surface area contributed by atoms with Gasteiger partial charge in [-0.2, -0.15) is 8.42 Å². The third kappa shape index (κ3) is 28.8. The molecule has 0 radical (unpaired) electrons. The first-order valence-corrected chi connectivity index (χ1v) is 24.8. The largest absolute Gasteiger partial charge is 0.397 e. The zero-order valence-electron chi connectivity index (χ0n) is 37.1. The Bertz CT molecular complexity index is 1230. The van der Waals surface area contributed by atoms with Gasteiger partial charge in [0.05, 0.1) is 25.4 Å². The molecule has 13 nitrogen and oxygen atoms in total. The first-order chi connectivity index (χ1) is 28.9. The maximum absolute atomic E-state index is 13.0. The van der Waals surface area contributed by atoms with Gasteiger partial charge in [0.1, 0.15) is 30.5 Å². The molecule has 1 aliphatic rings. The van der Waals surface area contributed by atoms with Gasteiger partial charge in [-0.3, -0.25) is 9.35 Å². The average molecular weight is 876 g/mol. The second-order valence-corrected chi connectivity index (χ2v) is 17.5. The van der Waals surface area contributed by atoms with E-state index in [0.717, 1.165) is 51.4 Å². The lowest BCUT2D eigenvalue weighted by Crippen LogP contribution is -2.61. The van der Waals surface area contributed by atoms with Gasteiger partial charge in [0, 0.05) is 0 Å². The minimum absolute atomic E-state index is 0.221. The monoisotopic (exact) mass is 876 g/mol. The van der Waals surface area contributed by atoms with Crippen molar-refractivity contribution < 1.29 is 57.0 Å². The van der Waals surface area contributed by atoms with Crippen LogP contribution in [0.25, 0.3) is 0 Å². The summed E-state index contributed by atoms with van der Waals surface area (Å²) in [6, 6.07) is -1.14. The van der Waals surface area contributed by atoms with Gasteiger partial charge in [0.2, 0.25) is 5.91 Å². The Balaban J connectivity index is 2.57. The number of aliphatic hydroxyl groups excluding tert-OH is 5. The van der Waals surface area contributed by atoms with Crippen LogP contribution in [0.1, 0.15) is 187 Å². The molecule has 1 heterocycles. The van der Waals surface area contributed by atoms with Crippen molar-refractivity contribution >= 4 is 16.3 Å². The lowest BCUT2D eigenvalue weighted by Gasteiger charge is -2.41. The number of hydrogen-bond acceptors (Lipinski definition) is 11. The summed E-state index contributed by atoms with van der Waals surface area (Å²) < 4.78 is 47.4. The molecular weight excluding hydrogens is 791 g/mol. The molecule has 1 aliphatic heterocycles. The molecule has 1 amide bonds. The van der Waals surface area contributed by atoms with Crippen molar-refractivity contribution in [3.8, 4) is 0 Å². The van der Waals surface area contributed by atoms with E-state index in [1.165, 1.54) is 109 Å². The highest BCUT2D eigenvalue weighted by molar-refractivity contribution is 7.80. The molecule has 0 spiro atoms. The number of ether oxygens (including phenoxy) is 2. The molecule has 60 heavy (non-hydrogen) atoms. The molecule has 1 fully saturated rings. The van der Waals surface area contributed by atoms with Crippen molar-refractivity contribution in [1.29, 1.82) is 0 Å². The Morgan fingerprint density at radius 2 is 1.13 bits per heavy atom. The average Bonchev–Trinajstić information content (AvgIpc) is 3.22. The van der Waals surface area contributed by atoms with Crippen LogP contribution in [0.15, 0.2) is 36.5 Å². The van der Waals surface area contributed by atoms with Crippen LogP contribution in [0.3, 0.4) is 0 Å². The Morgan fingerprint density at radius 3 is 1.65 bits per heavy atom. The molecule has 8 atom stereocenters. The zero-order valence-corrected chi connectivity index (χ0v) is 37.9. The molecule has 7 N–H and O–H groups in total. The minimum atomic E-state index is -5.12. The molecule has 14 heteroatoms. The summed E-state index contributed by atoms with van der Waals surface area (Å²) in [5.41, 5.74) is 0. The number of aliphatic hydroxyl groups is 5. The quantitative estimate of drug-likeness (QED) is 0.0178. The molecule has 1 saturated heterocycles. The lowest BCUT2D eigenvalue weighted by atomic mass is 9.99. The van der Waals surface area contributed by atoms with E-state index < -0.39 is 78.5 Å². The number of amides is 1. The molecule has 0 aliphatic carbocycles. The van der Waals surface area contributed by atoms with E-state index in [0.29, 0.717) is 12.8 Å². The molecular formula is C46H85NO12S. The molecule has 0 aromatic heterocycles. The van der Waals surface area contributed by atoms with Crippen molar-refractivity contribution in [3.05, 3.63) is 36.5 Å². The summed E-state index contributed by atoms with van der Waals surface area (Å²) in [6.07, 6.45) is 31.1. The Labute approximate surface area is 363 Å². The fourth-order valence-electron chi connectivity index (χ4n) is 7.22. The van der Waals surface area contributed by atoms with Gasteiger partial charge in [0.25, 0.3) is 0 Å². The minimum Gasteiger partial charge on any atom is -0.394 e. The summed E-state index contributed by atoms with van der Waals surface area (Å²) >= 11 is 0. The van der Waals surface area contributed by atoms with Gasteiger partial charge in [-0.1, -0.05) is 172 Å². The number of nitrogens with one attached hydrogen (secondary N) is 1. The predicted octanol–water partition coefficient (Wildman–Crippen LogP) is 8.08. The van der Waals surface area contributed by atoms with Crippen LogP contribution in [0, 0.1) is 0 Å². The van der Waals surface area contributed by atoms with Crippen molar-refractivity contribution in [3.63, 3.8) is 0 Å². The van der Waals surface area contributed by atoms with Crippen LogP contribution in [-0.2, 0) is 28.9 Å². The zero-order chi connectivity index (χ0) is 44.3. The second-order valence-electron chi connectivity index (χ2n) is 16.5. The maximum atomic E-state index is 13.0. The third-order valence-corrected chi connectivity index (χ3v) is 11.5. The Hall–Kier alpha value is -1.72. The van der Waals surface area contributed by atoms with E-state index >= 15 is 0 Å². The van der Waals surface area contributed by atoms with Crippen LogP contribution < -0.4 is 5.32 Å². The van der Waals surface area contributed by atoms with E-state index in [9.17, 15) is 38.7 Å². The third-order valence-electron chi connectivity index (χ3n) is 11.0. The molecule has 0 saturated carbocycles. The highest BCUT2D eigenvalue weighted by Gasteiger charge is 2.48. The van der Waals surface area contributed by atoms with Crippen LogP contribution >= 0.6 is 0 Å². The van der Waals surface area contributed by atoms with Crippen LogP contribution in [0.5, 0.6) is 0 Å². The number of hydrogen-bond donors (Lipinski definition) is 7. The van der Waals surface area contributed by atoms with Crippen LogP contribution in [0.2, 0.25) is 0 Å². The molecule has 0 aromatic carbocycles. The highest BCUT2D eigenvalue weighted by atomic mass is 32.3. The van der Waals surface area contributed by atoms with E-state index in [1.807, 2.05) is 0 Å². The number of rotatable bonds is 39. The van der Waals surface area contributed by atoms with E-state index in [2.05, 4.69) is 47.7 Å². The first kappa shape index (κ1) is 56.3. The van der Waals surface area contributed by atoms with Crippen LogP contribution in [0.4, 0.5) is 0 Å². The standard InChI is InChI=1S/C46H85NO12S/c1-3-5-7-9-11-13-15-16-17-18-19-20-21-22-23-24-25-27-28-30-32-34-39(49)38(47-45(53)40(50)35-33-31-29-26-14-12-10-8-6-4-2)37-57-46-43(52)44(59-60(54,55)56)42(51)41(36-48)58-46/h10,12,25,27,32,34,38-44,46,48-52H,3-9,11,13-24,26,28-31,33,35-37H2,1-2H3,(H,47,53)(H,54,55,56)/b12-10-,27-25+,34-32+. The van der Waals surface area contributed by atoms with E-state index in [1.54, 1.807) is 6.08 Å². The smallest absolute Gasteiger partial charge is 0.394 e. The van der Waals surface area contributed by atoms with Crippen molar-refractivity contribution in [2.24, 2.45) is 0 Å². The summed E-state index contributed by atoms with van der Waals surface area (Å²) in [7, 11) is -5.12. The highest BCUT2D eigenvalue weighted by Crippen LogP contribution is 2.26. The summed E-state index contributed by atoms with van der Waals surface area (Å²) in [6.45, 7) is 3.14. The predicted molar refractivity (Wildman–Crippen MR) is 238 cm³/mol. The molecule has 8 unspecified atom stereocenters. The SMILES string of the molecule is CCCC/C=C\CCCCCCC(O)C(=O)NC(COC1OC(CO)C(O)C(OS(=O)(=O)O)C1O)C(O)/C=C/CC/C=C/CCCCCCCCCCCCCCCCC. The van der Waals surface area contributed by atoms with Gasteiger partial charge in [-0.05, 0) is 51.4 Å². The number of unbranched alkanes of at least 4 members (excludes halogenated alkanes) is 22. The summed E-state index contributed by atoms with van der Waals surface area (Å²) in [5.74, 6) is -0.724. The summed E-state index contributed by atoms with van der Waals surface area (Å²) in [5, 5.41) is 55.1. The van der Waals surface area contributed by atoms with Gasteiger partial charge < -0.3 is 40.3 Å². The topological polar surface area (TPSA) is 212 Å². The number of carbonyl (C=O) groups excluding carboxylic acids is 1. The molecule has 1 rings (SSSR count). The number of allylic oxidation sites excluding steroid dienone is 5. The van der Waals surface area contributed by atoms with Crippen molar-refractivity contribution in [1.82, 2.24) is 5.32 Å². The van der Waals surface area contributed by atoms with E-state index in [4.69, 9.17) is 14.0 Å². The second kappa shape index (κ2) is 36.7. The van der Waals surface area contributed by atoms with Gasteiger partial charge in [-0.15, -0.1) is 0 Å². The molecule has 0 bridgehead atoms. The molecule has 352 valence electrons. The van der Waals surface area contributed by atoms with Crippen molar-refractivity contribution in [2.45, 2.75) is 236 Å². The summed E-state index contributed by atoms with van der Waals surface area (Å²) in [4.78, 5) is 13.0. The van der Waals surface area contributed by atoms with Gasteiger partial charge in [0.15, 0.2) is 6.29 Å².